The standard InChI is InChI=1S/C20H21N3O5/c1-28-20(25)17-4-2-3-5-18(17)22-13-12-21(11-10-19(22)24)14-15-6-8-16(9-7-15)23(26)27/h2-9H,10-14H2,1H3. The maximum Gasteiger partial charge on any atom is 0.339 e. The molecule has 0 aliphatic carbocycles. The number of carbonyl (C=O) groups excluding carboxylic acids is 2. The lowest BCUT2D eigenvalue weighted by molar-refractivity contribution is -0.384. The molecule has 2 aromatic rings. The smallest absolute Gasteiger partial charge is 0.339 e. The van der Waals surface area contributed by atoms with Crippen LogP contribution in [0.5, 0.6) is 0 Å². The second-order valence-corrected chi connectivity index (χ2v) is 6.50. The molecule has 1 heterocycles. The number of para-hydroxylation sites is 1. The summed E-state index contributed by atoms with van der Waals surface area (Å²) in [5, 5.41) is 10.8. The van der Waals surface area contributed by atoms with E-state index >= 15 is 0 Å². The van der Waals surface area contributed by atoms with Crippen molar-refractivity contribution in [2.45, 2.75) is 13.0 Å². The van der Waals surface area contributed by atoms with Crippen molar-refractivity contribution in [2.75, 3.05) is 31.6 Å². The highest BCUT2D eigenvalue weighted by Crippen LogP contribution is 2.24. The van der Waals surface area contributed by atoms with E-state index in [1.807, 2.05) is 0 Å². The highest BCUT2D eigenvalue weighted by molar-refractivity contribution is 6.02. The average Bonchev–Trinajstić information content (AvgIpc) is 2.89. The predicted octanol–water partition coefficient (Wildman–Crippen LogP) is 2.62. The minimum atomic E-state index is -0.476. The topological polar surface area (TPSA) is 93.0 Å². The van der Waals surface area contributed by atoms with Crippen molar-refractivity contribution >= 4 is 23.3 Å². The Morgan fingerprint density at radius 3 is 2.50 bits per heavy atom. The van der Waals surface area contributed by atoms with Crippen LogP contribution in [0.4, 0.5) is 11.4 Å². The molecule has 0 N–H and O–H groups in total. The molecule has 1 aliphatic heterocycles. The Balaban J connectivity index is 1.72. The Morgan fingerprint density at radius 1 is 1.11 bits per heavy atom. The SMILES string of the molecule is COC(=O)c1ccccc1N1CCN(Cc2ccc([N+](=O)[O-])cc2)CCC1=O. The highest BCUT2D eigenvalue weighted by Gasteiger charge is 2.25. The third kappa shape index (κ3) is 4.34. The Bertz CT molecular complexity index is 882. The van der Waals surface area contributed by atoms with Crippen LogP contribution < -0.4 is 4.90 Å². The van der Waals surface area contributed by atoms with Gasteiger partial charge in [0.25, 0.3) is 5.69 Å². The molecule has 8 heteroatoms. The minimum Gasteiger partial charge on any atom is -0.465 e. The van der Waals surface area contributed by atoms with E-state index in [1.54, 1.807) is 41.3 Å². The van der Waals surface area contributed by atoms with E-state index in [9.17, 15) is 19.7 Å². The molecule has 0 radical (unpaired) electrons. The number of rotatable bonds is 5. The third-order valence-corrected chi connectivity index (χ3v) is 4.74. The first-order valence-electron chi connectivity index (χ1n) is 8.93. The van der Waals surface area contributed by atoms with Crippen LogP contribution in [-0.4, -0.2) is 48.4 Å². The zero-order valence-corrected chi connectivity index (χ0v) is 15.5. The number of ether oxygens (including phenoxy) is 1. The number of esters is 1. The molecule has 1 aliphatic rings. The first-order valence-corrected chi connectivity index (χ1v) is 8.93. The lowest BCUT2D eigenvalue weighted by Gasteiger charge is -2.23. The summed E-state index contributed by atoms with van der Waals surface area (Å²) >= 11 is 0. The molecule has 2 aromatic carbocycles. The molecule has 0 aromatic heterocycles. The molecular formula is C20H21N3O5. The average molecular weight is 383 g/mol. The van der Waals surface area contributed by atoms with Gasteiger partial charge in [-0.3, -0.25) is 19.8 Å². The van der Waals surface area contributed by atoms with Crippen LogP contribution in [0.1, 0.15) is 22.3 Å². The molecule has 146 valence electrons. The number of non-ortho nitro benzene ring substituents is 1. The summed E-state index contributed by atoms with van der Waals surface area (Å²) in [4.78, 5) is 38.8. The lowest BCUT2D eigenvalue weighted by Crippen LogP contribution is -2.34. The summed E-state index contributed by atoms with van der Waals surface area (Å²) in [6.07, 6.45) is 0.322. The zero-order chi connectivity index (χ0) is 20.1. The van der Waals surface area contributed by atoms with Crippen molar-refractivity contribution in [3.8, 4) is 0 Å². The van der Waals surface area contributed by atoms with E-state index in [-0.39, 0.29) is 11.6 Å². The van der Waals surface area contributed by atoms with Crippen LogP contribution >= 0.6 is 0 Å². The largest absolute Gasteiger partial charge is 0.465 e. The van der Waals surface area contributed by atoms with Crippen LogP contribution in [0.25, 0.3) is 0 Å². The van der Waals surface area contributed by atoms with Crippen molar-refractivity contribution in [2.24, 2.45) is 0 Å². The summed E-state index contributed by atoms with van der Waals surface area (Å²) < 4.78 is 4.83. The summed E-state index contributed by atoms with van der Waals surface area (Å²) in [5.41, 5.74) is 1.92. The second kappa shape index (κ2) is 8.62. The second-order valence-electron chi connectivity index (χ2n) is 6.50. The van der Waals surface area contributed by atoms with Crippen molar-refractivity contribution in [3.63, 3.8) is 0 Å². The maximum atomic E-state index is 12.7. The molecule has 28 heavy (non-hydrogen) atoms. The van der Waals surface area contributed by atoms with Crippen molar-refractivity contribution in [1.29, 1.82) is 0 Å². The van der Waals surface area contributed by atoms with E-state index < -0.39 is 10.9 Å². The van der Waals surface area contributed by atoms with Crippen molar-refractivity contribution < 1.29 is 19.2 Å². The van der Waals surface area contributed by atoms with Crippen LogP contribution in [-0.2, 0) is 16.1 Å². The van der Waals surface area contributed by atoms with E-state index in [0.29, 0.717) is 43.9 Å². The van der Waals surface area contributed by atoms with Crippen molar-refractivity contribution in [3.05, 3.63) is 69.8 Å². The minimum absolute atomic E-state index is 0.0532. The van der Waals surface area contributed by atoms with Gasteiger partial charge in [0, 0.05) is 44.7 Å². The molecule has 0 unspecified atom stereocenters. The van der Waals surface area contributed by atoms with Crippen LogP contribution in [0.15, 0.2) is 48.5 Å². The number of methoxy groups -OCH3 is 1. The van der Waals surface area contributed by atoms with Gasteiger partial charge in [0.05, 0.1) is 23.3 Å². The number of nitro groups is 1. The first-order chi connectivity index (χ1) is 13.5. The van der Waals surface area contributed by atoms with Gasteiger partial charge >= 0.3 is 5.97 Å². The molecule has 1 saturated heterocycles. The molecule has 8 nitrogen and oxygen atoms in total. The summed E-state index contributed by atoms with van der Waals surface area (Å²) in [6, 6.07) is 13.3. The fourth-order valence-electron chi connectivity index (χ4n) is 3.25. The van der Waals surface area contributed by atoms with Crippen LogP contribution in [0.3, 0.4) is 0 Å². The number of benzene rings is 2. The van der Waals surface area contributed by atoms with Gasteiger partial charge in [-0.25, -0.2) is 4.79 Å². The van der Waals surface area contributed by atoms with Crippen LogP contribution in [0, 0.1) is 10.1 Å². The molecule has 1 amide bonds. The molecule has 0 bridgehead atoms. The first kappa shape index (κ1) is 19.5. The van der Waals surface area contributed by atoms with E-state index in [0.717, 1.165) is 5.56 Å². The Morgan fingerprint density at radius 2 is 1.82 bits per heavy atom. The van der Waals surface area contributed by atoms with Crippen molar-refractivity contribution in [1.82, 2.24) is 4.90 Å². The fraction of sp³-hybridized carbons (Fsp3) is 0.300. The van der Waals surface area contributed by atoms with Gasteiger partial charge in [0.15, 0.2) is 0 Å². The molecule has 3 rings (SSSR count). The van der Waals surface area contributed by atoms with Gasteiger partial charge in [-0.15, -0.1) is 0 Å². The van der Waals surface area contributed by atoms with Gasteiger partial charge in [-0.2, -0.15) is 0 Å². The van der Waals surface area contributed by atoms with Gasteiger partial charge in [-0.1, -0.05) is 24.3 Å². The van der Waals surface area contributed by atoms with E-state index in [4.69, 9.17) is 4.74 Å². The summed E-state index contributed by atoms with van der Waals surface area (Å²) in [7, 11) is 1.31. The van der Waals surface area contributed by atoms with E-state index in [1.165, 1.54) is 19.2 Å². The number of anilines is 1. The summed E-state index contributed by atoms with van der Waals surface area (Å²) in [5.74, 6) is -0.530. The number of nitrogens with zero attached hydrogens (tertiary/aromatic N) is 3. The zero-order valence-electron chi connectivity index (χ0n) is 15.5. The monoisotopic (exact) mass is 383 g/mol. The van der Waals surface area contributed by atoms with Crippen LogP contribution in [0.2, 0.25) is 0 Å². The molecule has 1 fully saturated rings. The molecule has 0 atom stereocenters. The normalized spacial score (nSPS) is 15.2. The maximum absolute atomic E-state index is 12.7. The van der Waals surface area contributed by atoms with Gasteiger partial charge in [0.1, 0.15) is 0 Å². The Hall–Kier alpha value is -3.26. The number of hydrogen-bond donors (Lipinski definition) is 0. The predicted molar refractivity (Wildman–Crippen MR) is 103 cm³/mol. The fourth-order valence-corrected chi connectivity index (χ4v) is 3.25. The number of amides is 1. The molecule has 0 spiro atoms. The summed E-state index contributed by atoms with van der Waals surface area (Å²) in [6.45, 7) is 2.24. The lowest BCUT2D eigenvalue weighted by atomic mass is 10.1. The Kier molecular flexibility index (Phi) is 6.00. The highest BCUT2D eigenvalue weighted by atomic mass is 16.6. The van der Waals surface area contributed by atoms with Gasteiger partial charge in [-0.05, 0) is 17.7 Å². The van der Waals surface area contributed by atoms with Gasteiger partial charge in [0.2, 0.25) is 5.91 Å². The number of carbonyl (C=O) groups is 2. The quantitative estimate of drug-likeness (QED) is 0.448. The number of hydrogen-bond acceptors (Lipinski definition) is 6. The third-order valence-electron chi connectivity index (χ3n) is 4.74. The Labute approximate surface area is 162 Å². The number of nitro benzene ring substituents is 1. The van der Waals surface area contributed by atoms with E-state index in [2.05, 4.69) is 4.90 Å². The van der Waals surface area contributed by atoms with Gasteiger partial charge < -0.3 is 9.64 Å². The molecule has 0 saturated carbocycles. The molecular weight excluding hydrogens is 362 g/mol.